The maximum atomic E-state index is 12.6. The summed E-state index contributed by atoms with van der Waals surface area (Å²) in [5.41, 5.74) is 7.81. The van der Waals surface area contributed by atoms with E-state index in [9.17, 15) is 4.79 Å². The molecule has 3 aromatic rings. The van der Waals surface area contributed by atoms with Crippen molar-refractivity contribution in [2.45, 2.75) is 39.5 Å². The molecule has 0 saturated carbocycles. The monoisotopic (exact) mass is 362 g/mol. The van der Waals surface area contributed by atoms with Crippen LogP contribution in [0.15, 0.2) is 41.8 Å². The molecule has 1 N–H and O–H groups in total. The van der Waals surface area contributed by atoms with Crippen molar-refractivity contribution >= 4 is 22.4 Å². The standard InChI is InChI=1S/C22H22N2OS/c1-14-6-5-9-19(15(14)2)21(25)24-22-23-20(13-26-22)18-11-10-16-7-3-4-8-17(16)12-18/h5-6,9-13H,3-4,7-8H2,1-2H3,(H,23,24,25). The maximum Gasteiger partial charge on any atom is 0.257 e. The minimum atomic E-state index is -0.0995. The van der Waals surface area contributed by atoms with Gasteiger partial charge in [0.1, 0.15) is 0 Å². The van der Waals surface area contributed by atoms with E-state index in [-0.39, 0.29) is 5.91 Å². The highest BCUT2D eigenvalue weighted by atomic mass is 32.1. The molecule has 0 saturated heterocycles. The van der Waals surface area contributed by atoms with Gasteiger partial charge in [0.05, 0.1) is 5.69 Å². The van der Waals surface area contributed by atoms with Crippen LogP contribution in [-0.2, 0) is 12.8 Å². The van der Waals surface area contributed by atoms with Gasteiger partial charge >= 0.3 is 0 Å². The second-order valence-corrected chi connectivity index (χ2v) is 7.79. The Morgan fingerprint density at radius 1 is 1.08 bits per heavy atom. The van der Waals surface area contributed by atoms with Crippen molar-refractivity contribution in [2.75, 3.05) is 5.32 Å². The van der Waals surface area contributed by atoms with E-state index in [2.05, 4.69) is 28.5 Å². The third-order valence-electron chi connectivity index (χ3n) is 5.22. The Labute approximate surface area is 158 Å². The zero-order valence-corrected chi connectivity index (χ0v) is 16.0. The first-order valence-electron chi connectivity index (χ1n) is 9.07. The molecule has 0 unspecified atom stereocenters. The van der Waals surface area contributed by atoms with Crippen LogP contribution in [0, 0.1) is 13.8 Å². The van der Waals surface area contributed by atoms with Gasteiger partial charge in [0.2, 0.25) is 0 Å². The molecule has 1 heterocycles. The Kier molecular flexibility index (Phi) is 4.60. The number of fused-ring (bicyclic) bond motifs is 1. The van der Waals surface area contributed by atoms with Crippen molar-refractivity contribution in [3.63, 3.8) is 0 Å². The van der Waals surface area contributed by atoms with Gasteiger partial charge in [-0.3, -0.25) is 10.1 Å². The van der Waals surface area contributed by atoms with Gasteiger partial charge in [0, 0.05) is 16.5 Å². The first-order chi connectivity index (χ1) is 12.6. The lowest BCUT2D eigenvalue weighted by Gasteiger charge is -2.16. The number of rotatable bonds is 3. The van der Waals surface area contributed by atoms with E-state index in [1.807, 2.05) is 37.4 Å². The first kappa shape index (κ1) is 17.0. The number of nitrogens with one attached hydrogen (secondary N) is 1. The molecule has 0 bridgehead atoms. The largest absolute Gasteiger partial charge is 0.298 e. The number of hydrogen-bond acceptors (Lipinski definition) is 3. The van der Waals surface area contributed by atoms with Crippen LogP contribution >= 0.6 is 11.3 Å². The number of carbonyl (C=O) groups excluding carboxylic acids is 1. The lowest BCUT2D eigenvalue weighted by atomic mass is 9.90. The second-order valence-electron chi connectivity index (χ2n) is 6.93. The molecule has 1 aromatic heterocycles. The highest BCUT2D eigenvalue weighted by molar-refractivity contribution is 7.14. The van der Waals surface area contributed by atoms with Crippen LogP contribution in [0.5, 0.6) is 0 Å². The lowest BCUT2D eigenvalue weighted by Crippen LogP contribution is -2.13. The second kappa shape index (κ2) is 7.04. The number of nitrogens with zero attached hydrogens (tertiary/aromatic N) is 1. The number of thiazole rings is 1. The van der Waals surface area contributed by atoms with Gasteiger partial charge < -0.3 is 0 Å². The molecular weight excluding hydrogens is 340 g/mol. The summed E-state index contributed by atoms with van der Waals surface area (Å²) in [6, 6.07) is 12.4. The van der Waals surface area contributed by atoms with Crippen LogP contribution in [0.2, 0.25) is 0 Å². The molecule has 26 heavy (non-hydrogen) atoms. The van der Waals surface area contributed by atoms with Gasteiger partial charge in [-0.2, -0.15) is 0 Å². The zero-order chi connectivity index (χ0) is 18.1. The molecule has 0 radical (unpaired) electrons. The van der Waals surface area contributed by atoms with Gasteiger partial charge in [-0.05, 0) is 73.9 Å². The third-order valence-corrected chi connectivity index (χ3v) is 5.98. The Hall–Kier alpha value is -2.46. The number of aryl methyl sites for hydroxylation is 3. The Morgan fingerprint density at radius 2 is 1.88 bits per heavy atom. The summed E-state index contributed by atoms with van der Waals surface area (Å²) >= 11 is 1.47. The molecule has 2 aromatic carbocycles. The fourth-order valence-corrected chi connectivity index (χ4v) is 4.23. The van der Waals surface area contributed by atoms with E-state index in [1.54, 1.807) is 0 Å². The van der Waals surface area contributed by atoms with Crippen molar-refractivity contribution in [2.24, 2.45) is 0 Å². The highest BCUT2D eigenvalue weighted by Crippen LogP contribution is 2.30. The Balaban J connectivity index is 1.55. The molecular formula is C22H22N2OS. The predicted molar refractivity (Wildman–Crippen MR) is 108 cm³/mol. The van der Waals surface area contributed by atoms with Gasteiger partial charge in [-0.15, -0.1) is 11.3 Å². The van der Waals surface area contributed by atoms with Crippen LogP contribution in [0.4, 0.5) is 5.13 Å². The van der Waals surface area contributed by atoms with Crippen molar-refractivity contribution in [1.29, 1.82) is 0 Å². The van der Waals surface area contributed by atoms with E-state index >= 15 is 0 Å². The normalized spacial score (nSPS) is 13.3. The van der Waals surface area contributed by atoms with Crippen LogP contribution in [-0.4, -0.2) is 10.9 Å². The van der Waals surface area contributed by atoms with E-state index in [1.165, 1.54) is 41.7 Å². The molecule has 1 aliphatic rings. The van der Waals surface area contributed by atoms with E-state index < -0.39 is 0 Å². The molecule has 3 nitrogen and oxygen atoms in total. The lowest BCUT2D eigenvalue weighted by molar-refractivity contribution is 0.102. The molecule has 132 valence electrons. The van der Waals surface area contributed by atoms with Crippen molar-refractivity contribution < 1.29 is 4.79 Å². The predicted octanol–water partition coefficient (Wildman–Crippen LogP) is 5.56. The van der Waals surface area contributed by atoms with Gasteiger partial charge in [0.25, 0.3) is 5.91 Å². The average molecular weight is 362 g/mol. The summed E-state index contributed by atoms with van der Waals surface area (Å²) in [5, 5.41) is 5.61. The SMILES string of the molecule is Cc1cccc(C(=O)Nc2nc(-c3ccc4c(c3)CCCC4)cs2)c1C. The number of amides is 1. The summed E-state index contributed by atoms with van der Waals surface area (Å²) in [6.45, 7) is 3.99. The van der Waals surface area contributed by atoms with E-state index in [0.717, 1.165) is 28.8 Å². The van der Waals surface area contributed by atoms with Crippen LogP contribution in [0.25, 0.3) is 11.3 Å². The van der Waals surface area contributed by atoms with Crippen molar-refractivity contribution in [3.05, 3.63) is 69.6 Å². The van der Waals surface area contributed by atoms with E-state index in [0.29, 0.717) is 10.7 Å². The quantitative estimate of drug-likeness (QED) is 0.663. The van der Waals surface area contributed by atoms with Crippen LogP contribution in [0.3, 0.4) is 0 Å². The molecule has 0 aliphatic heterocycles. The molecule has 0 spiro atoms. The number of benzene rings is 2. The molecule has 1 aliphatic carbocycles. The van der Waals surface area contributed by atoms with Crippen molar-refractivity contribution in [1.82, 2.24) is 4.98 Å². The number of hydrogen-bond donors (Lipinski definition) is 1. The summed E-state index contributed by atoms with van der Waals surface area (Å²) < 4.78 is 0. The van der Waals surface area contributed by atoms with Gasteiger partial charge in [0.15, 0.2) is 5.13 Å². The van der Waals surface area contributed by atoms with Gasteiger partial charge in [-0.25, -0.2) is 4.98 Å². The molecule has 4 rings (SSSR count). The molecule has 4 heteroatoms. The summed E-state index contributed by atoms with van der Waals surface area (Å²) in [4.78, 5) is 17.2. The first-order valence-corrected chi connectivity index (χ1v) is 9.95. The molecule has 1 amide bonds. The summed E-state index contributed by atoms with van der Waals surface area (Å²) in [7, 11) is 0. The summed E-state index contributed by atoms with van der Waals surface area (Å²) in [6.07, 6.45) is 4.90. The third kappa shape index (κ3) is 3.29. The van der Waals surface area contributed by atoms with E-state index in [4.69, 9.17) is 0 Å². The number of carbonyl (C=O) groups is 1. The van der Waals surface area contributed by atoms with Crippen molar-refractivity contribution in [3.8, 4) is 11.3 Å². The molecule has 0 atom stereocenters. The number of aromatic nitrogens is 1. The highest BCUT2D eigenvalue weighted by Gasteiger charge is 2.14. The molecule has 0 fully saturated rings. The average Bonchev–Trinajstić information content (AvgIpc) is 3.12. The Morgan fingerprint density at radius 3 is 2.73 bits per heavy atom. The minimum Gasteiger partial charge on any atom is -0.298 e. The fourth-order valence-electron chi connectivity index (χ4n) is 3.52. The topological polar surface area (TPSA) is 42.0 Å². The summed E-state index contributed by atoms with van der Waals surface area (Å²) in [5.74, 6) is -0.0995. The fraction of sp³-hybridized carbons (Fsp3) is 0.273. The minimum absolute atomic E-state index is 0.0995. The maximum absolute atomic E-state index is 12.6. The smallest absolute Gasteiger partial charge is 0.257 e. The van der Waals surface area contributed by atoms with Crippen LogP contribution < -0.4 is 5.32 Å². The zero-order valence-electron chi connectivity index (χ0n) is 15.1. The van der Waals surface area contributed by atoms with Crippen LogP contribution in [0.1, 0.15) is 45.5 Å². The Bertz CT molecular complexity index is 974. The van der Waals surface area contributed by atoms with Gasteiger partial charge in [-0.1, -0.05) is 24.3 Å². The number of anilines is 1.